The van der Waals surface area contributed by atoms with Gasteiger partial charge in [0.05, 0.1) is 18.1 Å². The van der Waals surface area contributed by atoms with Gasteiger partial charge in [0.1, 0.15) is 5.75 Å². The van der Waals surface area contributed by atoms with Crippen LogP contribution in [-0.2, 0) is 6.54 Å². The normalized spacial score (nSPS) is 10.8. The zero-order valence-corrected chi connectivity index (χ0v) is 10.1. The van der Waals surface area contributed by atoms with E-state index in [-0.39, 0.29) is 6.10 Å². The first kappa shape index (κ1) is 11.7. The van der Waals surface area contributed by atoms with E-state index >= 15 is 0 Å². The molecule has 0 bridgehead atoms. The van der Waals surface area contributed by atoms with Crippen LogP contribution in [0.3, 0.4) is 0 Å². The maximum atomic E-state index is 5.59. The van der Waals surface area contributed by atoms with Gasteiger partial charge in [0.25, 0.3) is 0 Å². The minimum absolute atomic E-state index is 0.193. The first-order chi connectivity index (χ1) is 8.19. The lowest BCUT2D eigenvalue weighted by atomic mass is 10.3. The van der Waals surface area contributed by atoms with Crippen molar-refractivity contribution >= 4 is 0 Å². The minimum Gasteiger partial charge on any atom is -0.491 e. The van der Waals surface area contributed by atoms with Gasteiger partial charge >= 0.3 is 0 Å². The molecular weight excluding hydrogens is 214 g/mol. The second kappa shape index (κ2) is 5.01. The maximum Gasteiger partial charge on any atom is 0.119 e. The molecule has 0 atom stereocenters. The lowest BCUT2D eigenvalue weighted by Crippen LogP contribution is -2.05. The van der Waals surface area contributed by atoms with Crippen LogP contribution in [0.2, 0.25) is 0 Å². The standard InChI is InChI=1S/C13H17N3O/c1-10(2)17-13-5-3-12(4-6-13)16-8-11(7-14)15-9-16/h3-6,8-10H,7,14H2,1-2H3. The van der Waals surface area contributed by atoms with Crippen molar-refractivity contribution in [3.8, 4) is 11.4 Å². The van der Waals surface area contributed by atoms with Gasteiger partial charge in [-0.25, -0.2) is 4.98 Å². The first-order valence-corrected chi connectivity index (χ1v) is 5.69. The predicted octanol–water partition coefficient (Wildman–Crippen LogP) is 2.12. The summed E-state index contributed by atoms with van der Waals surface area (Å²) in [5.41, 5.74) is 7.46. The number of hydrogen-bond acceptors (Lipinski definition) is 3. The lowest BCUT2D eigenvalue weighted by Gasteiger charge is -2.10. The summed E-state index contributed by atoms with van der Waals surface area (Å²) in [6.45, 7) is 4.48. The number of nitrogens with zero attached hydrogens (tertiary/aromatic N) is 2. The Balaban J connectivity index is 2.17. The lowest BCUT2D eigenvalue weighted by molar-refractivity contribution is 0.242. The van der Waals surface area contributed by atoms with E-state index in [1.807, 2.05) is 48.9 Å². The van der Waals surface area contributed by atoms with Crippen LogP contribution in [0.4, 0.5) is 0 Å². The number of nitrogens with two attached hydrogens (primary N) is 1. The second-order valence-electron chi connectivity index (χ2n) is 4.14. The Kier molecular flexibility index (Phi) is 3.44. The Hall–Kier alpha value is -1.81. The summed E-state index contributed by atoms with van der Waals surface area (Å²) in [7, 11) is 0. The van der Waals surface area contributed by atoms with Gasteiger partial charge in [0.2, 0.25) is 0 Å². The van der Waals surface area contributed by atoms with Crippen molar-refractivity contribution in [2.45, 2.75) is 26.5 Å². The molecule has 17 heavy (non-hydrogen) atoms. The van der Waals surface area contributed by atoms with Crippen molar-refractivity contribution in [3.63, 3.8) is 0 Å². The van der Waals surface area contributed by atoms with Gasteiger partial charge in [-0.1, -0.05) is 0 Å². The number of imidazole rings is 1. The summed E-state index contributed by atoms with van der Waals surface area (Å²) in [5.74, 6) is 0.878. The molecule has 1 aromatic heterocycles. The summed E-state index contributed by atoms with van der Waals surface area (Å²) in [6, 6.07) is 7.91. The number of aromatic nitrogens is 2. The quantitative estimate of drug-likeness (QED) is 0.876. The van der Waals surface area contributed by atoms with Gasteiger partial charge in [0, 0.05) is 18.4 Å². The van der Waals surface area contributed by atoms with Crippen molar-refractivity contribution in [3.05, 3.63) is 42.5 Å². The van der Waals surface area contributed by atoms with Crippen molar-refractivity contribution in [1.29, 1.82) is 0 Å². The minimum atomic E-state index is 0.193. The highest BCUT2D eigenvalue weighted by atomic mass is 16.5. The van der Waals surface area contributed by atoms with Gasteiger partial charge in [-0.15, -0.1) is 0 Å². The molecular formula is C13H17N3O. The molecule has 0 radical (unpaired) electrons. The summed E-state index contributed by atoms with van der Waals surface area (Å²) in [4.78, 5) is 4.19. The fourth-order valence-corrected chi connectivity index (χ4v) is 1.58. The van der Waals surface area contributed by atoms with Gasteiger partial charge in [0.15, 0.2) is 0 Å². The summed E-state index contributed by atoms with van der Waals surface area (Å²) < 4.78 is 7.53. The van der Waals surface area contributed by atoms with Gasteiger partial charge in [-0.3, -0.25) is 0 Å². The molecule has 2 aromatic rings. The third-order valence-corrected chi connectivity index (χ3v) is 2.35. The smallest absolute Gasteiger partial charge is 0.119 e. The van der Waals surface area contributed by atoms with Gasteiger partial charge in [-0.05, 0) is 38.1 Å². The highest BCUT2D eigenvalue weighted by Gasteiger charge is 2.01. The topological polar surface area (TPSA) is 53.1 Å². The van der Waals surface area contributed by atoms with Crippen LogP contribution in [-0.4, -0.2) is 15.7 Å². The Morgan fingerprint density at radius 2 is 2.00 bits per heavy atom. The van der Waals surface area contributed by atoms with E-state index in [2.05, 4.69) is 4.98 Å². The molecule has 90 valence electrons. The molecule has 4 heteroatoms. The molecule has 0 spiro atoms. The van der Waals surface area contributed by atoms with Crippen LogP contribution in [0.25, 0.3) is 5.69 Å². The molecule has 0 amide bonds. The van der Waals surface area contributed by atoms with Crippen LogP contribution in [0, 0.1) is 0 Å². The Labute approximate surface area is 101 Å². The molecule has 0 saturated heterocycles. The SMILES string of the molecule is CC(C)Oc1ccc(-n2cnc(CN)c2)cc1. The number of benzene rings is 1. The Bertz CT molecular complexity index is 474. The van der Waals surface area contributed by atoms with Crippen LogP contribution < -0.4 is 10.5 Å². The van der Waals surface area contributed by atoms with Crippen molar-refractivity contribution in [2.75, 3.05) is 0 Å². The van der Waals surface area contributed by atoms with E-state index in [0.29, 0.717) is 6.54 Å². The zero-order valence-electron chi connectivity index (χ0n) is 10.1. The Morgan fingerprint density at radius 3 is 2.53 bits per heavy atom. The molecule has 2 N–H and O–H groups in total. The van der Waals surface area contributed by atoms with E-state index in [1.165, 1.54) is 0 Å². The molecule has 1 heterocycles. The number of rotatable bonds is 4. The van der Waals surface area contributed by atoms with Gasteiger partial charge < -0.3 is 15.0 Å². The number of ether oxygens (including phenoxy) is 1. The van der Waals surface area contributed by atoms with Crippen LogP contribution >= 0.6 is 0 Å². The van der Waals surface area contributed by atoms with Crippen LogP contribution in [0.15, 0.2) is 36.8 Å². The zero-order chi connectivity index (χ0) is 12.3. The molecule has 0 fully saturated rings. The molecule has 0 unspecified atom stereocenters. The summed E-state index contributed by atoms with van der Waals surface area (Å²) in [6.07, 6.45) is 3.89. The predicted molar refractivity (Wildman–Crippen MR) is 67.2 cm³/mol. The van der Waals surface area contributed by atoms with E-state index in [0.717, 1.165) is 17.1 Å². The maximum absolute atomic E-state index is 5.59. The van der Waals surface area contributed by atoms with Crippen molar-refractivity contribution < 1.29 is 4.74 Å². The third kappa shape index (κ3) is 2.85. The number of hydrogen-bond donors (Lipinski definition) is 1. The average molecular weight is 231 g/mol. The van der Waals surface area contributed by atoms with Crippen LogP contribution in [0.5, 0.6) is 5.75 Å². The van der Waals surface area contributed by atoms with E-state index in [9.17, 15) is 0 Å². The molecule has 0 saturated carbocycles. The molecule has 0 aliphatic rings. The highest BCUT2D eigenvalue weighted by molar-refractivity contribution is 5.37. The molecule has 2 rings (SSSR count). The van der Waals surface area contributed by atoms with Crippen molar-refractivity contribution in [2.24, 2.45) is 5.73 Å². The molecule has 1 aromatic carbocycles. The van der Waals surface area contributed by atoms with Crippen molar-refractivity contribution in [1.82, 2.24) is 9.55 Å². The highest BCUT2D eigenvalue weighted by Crippen LogP contribution is 2.16. The van der Waals surface area contributed by atoms with Crippen LogP contribution in [0.1, 0.15) is 19.5 Å². The summed E-state index contributed by atoms with van der Waals surface area (Å²) in [5, 5.41) is 0. The van der Waals surface area contributed by atoms with Gasteiger partial charge in [-0.2, -0.15) is 0 Å². The largest absolute Gasteiger partial charge is 0.491 e. The molecule has 0 aliphatic carbocycles. The summed E-state index contributed by atoms with van der Waals surface area (Å²) >= 11 is 0. The monoisotopic (exact) mass is 231 g/mol. The van der Waals surface area contributed by atoms with E-state index < -0.39 is 0 Å². The fourth-order valence-electron chi connectivity index (χ4n) is 1.58. The Morgan fingerprint density at radius 1 is 1.29 bits per heavy atom. The average Bonchev–Trinajstić information content (AvgIpc) is 2.78. The molecule has 4 nitrogen and oxygen atoms in total. The fraction of sp³-hybridized carbons (Fsp3) is 0.308. The third-order valence-electron chi connectivity index (χ3n) is 2.35. The van der Waals surface area contributed by atoms with E-state index in [4.69, 9.17) is 10.5 Å². The van der Waals surface area contributed by atoms with E-state index in [1.54, 1.807) is 6.33 Å². The first-order valence-electron chi connectivity index (χ1n) is 5.69. The second-order valence-corrected chi connectivity index (χ2v) is 4.14. The molecule has 0 aliphatic heterocycles.